The van der Waals surface area contributed by atoms with E-state index >= 15 is 0 Å². The quantitative estimate of drug-likeness (QED) is 0.574. The molecule has 0 aliphatic carbocycles. The van der Waals surface area contributed by atoms with Gasteiger partial charge in [-0.25, -0.2) is 8.42 Å². The first-order valence-electron chi connectivity index (χ1n) is 10.1. The van der Waals surface area contributed by atoms with Crippen LogP contribution in [0, 0.1) is 0 Å². The third kappa shape index (κ3) is 4.45. The molecule has 6 nitrogen and oxygen atoms in total. The van der Waals surface area contributed by atoms with Gasteiger partial charge in [0, 0.05) is 36.8 Å². The third-order valence-corrected chi connectivity index (χ3v) is 7.43. The number of ether oxygens (including phenoxy) is 1. The minimum atomic E-state index is -5.47. The largest absolute Gasteiger partial charge is 0.511 e. The van der Waals surface area contributed by atoms with Crippen molar-refractivity contribution in [3.8, 4) is 11.5 Å². The summed E-state index contributed by atoms with van der Waals surface area (Å²) in [7, 11) is -5.47. The summed E-state index contributed by atoms with van der Waals surface area (Å²) < 4.78 is 106. The van der Waals surface area contributed by atoms with Crippen molar-refractivity contribution in [2.45, 2.75) is 30.6 Å². The van der Waals surface area contributed by atoms with Crippen LogP contribution in [0.2, 0.25) is 0 Å². The molecule has 0 saturated carbocycles. The Morgan fingerprint density at radius 1 is 0.941 bits per heavy atom. The van der Waals surface area contributed by atoms with E-state index in [4.69, 9.17) is 4.74 Å². The van der Waals surface area contributed by atoms with Gasteiger partial charge in [-0.1, -0.05) is 6.07 Å². The number of amides is 1. The molecular weight excluding hydrogens is 490 g/mol. The standard InChI is InChI=1S/C21H18F6N2O4S/c22-20(23,24)13-4-6-15(7-5-13)33-18-3-1-2-17-16(18)9-11-29(19(17)30)14-8-10-28(12-14)34(31,32)21(25,26)27/h1-7,14H,8-12H2. The van der Waals surface area contributed by atoms with Crippen LogP contribution in [0.4, 0.5) is 26.3 Å². The average molecular weight is 508 g/mol. The minimum Gasteiger partial charge on any atom is -0.457 e. The van der Waals surface area contributed by atoms with E-state index in [0.29, 0.717) is 9.87 Å². The van der Waals surface area contributed by atoms with Crippen molar-refractivity contribution in [2.24, 2.45) is 0 Å². The number of fused-ring (bicyclic) bond motifs is 1. The SMILES string of the molecule is O=C1c2cccc(Oc3ccc(C(F)(F)F)cc3)c2CCN1C1CCN(S(=O)(=O)C(F)(F)F)C1. The van der Waals surface area contributed by atoms with E-state index in [9.17, 15) is 39.6 Å². The summed E-state index contributed by atoms with van der Waals surface area (Å²) in [5.74, 6) is -0.0617. The van der Waals surface area contributed by atoms with Crippen LogP contribution in [-0.4, -0.2) is 54.7 Å². The Bertz CT molecular complexity index is 1200. The maximum Gasteiger partial charge on any atom is 0.511 e. The highest BCUT2D eigenvalue weighted by Crippen LogP contribution is 2.36. The molecule has 0 radical (unpaired) electrons. The molecule has 1 unspecified atom stereocenters. The van der Waals surface area contributed by atoms with Crippen molar-refractivity contribution in [1.82, 2.24) is 9.21 Å². The van der Waals surface area contributed by atoms with Crippen LogP contribution in [0.1, 0.15) is 27.9 Å². The van der Waals surface area contributed by atoms with E-state index in [1.54, 1.807) is 6.07 Å². The lowest BCUT2D eigenvalue weighted by atomic mass is 9.96. The first-order valence-corrected chi connectivity index (χ1v) is 11.6. The van der Waals surface area contributed by atoms with Gasteiger partial charge in [0.15, 0.2) is 0 Å². The van der Waals surface area contributed by atoms with Crippen LogP contribution in [0.3, 0.4) is 0 Å². The van der Waals surface area contributed by atoms with Gasteiger partial charge >= 0.3 is 21.7 Å². The molecule has 1 amide bonds. The normalized spacial score (nSPS) is 19.9. The highest BCUT2D eigenvalue weighted by Gasteiger charge is 2.52. The average Bonchev–Trinajstić information content (AvgIpc) is 3.24. The number of sulfonamides is 1. The molecule has 2 heterocycles. The molecule has 13 heteroatoms. The molecule has 1 saturated heterocycles. The van der Waals surface area contributed by atoms with Crippen molar-refractivity contribution in [3.05, 3.63) is 59.2 Å². The summed E-state index contributed by atoms with van der Waals surface area (Å²) in [6.07, 6.45) is -4.14. The Balaban J connectivity index is 1.51. The molecule has 34 heavy (non-hydrogen) atoms. The summed E-state index contributed by atoms with van der Waals surface area (Å²) in [5.41, 5.74) is -5.49. The van der Waals surface area contributed by atoms with Crippen molar-refractivity contribution in [1.29, 1.82) is 0 Å². The zero-order valence-electron chi connectivity index (χ0n) is 17.4. The van der Waals surface area contributed by atoms with E-state index in [1.807, 2.05) is 0 Å². The van der Waals surface area contributed by atoms with Crippen LogP contribution in [0.15, 0.2) is 42.5 Å². The number of nitrogens with zero attached hydrogens (tertiary/aromatic N) is 2. The van der Waals surface area contributed by atoms with E-state index in [2.05, 4.69) is 0 Å². The first kappa shape index (κ1) is 24.3. The molecule has 2 aliphatic rings. The second-order valence-electron chi connectivity index (χ2n) is 7.91. The molecule has 2 aromatic carbocycles. The maximum atomic E-state index is 13.1. The molecule has 1 atom stereocenters. The van der Waals surface area contributed by atoms with Gasteiger partial charge < -0.3 is 9.64 Å². The molecule has 2 aliphatic heterocycles. The van der Waals surface area contributed by atoms with Gasteiger partial charge in [0.05, 0.1) is 5.56 Å². The summed E-state index contributed by atoms with van der Waals surface area (Å²) in [6.45, 7) is -0.672. The zero-order valence-corrected chi connectivity index (χ0v) is 18.2. The number of rotatable bonds is 4. The molecule has 2 aromatic rings. The molecular formula is C21H18F6N2O4S. The lowest BCUT2D eigenvalue weighted by Crippen LogP contribution is -2.47. The van der Waals surface area contributed by atoms with E-state index in [-0.39, 0.29) is 43.0 Å². The van der Waals surface area contributed by atoms with Gasteiger partial charge in [-0.3, -0.25) is 4.79 Å². The summed E-state index contributed by atoms with van der Waals surface area (Å²) in [6, 6.07) is 7.96. The Morgan fingerprint density at radius 3 is 2.24 bits per heavy atom. The van der Waals surface area contributed by atoms with Gasteiger partial charge in [0.2, 0.25) is 0 Å². The topological polar surface area (TPSA) is 66.9 Å². The van der Waals surface area contributed by atoms with Crippen LogP contribution < -0.4 is 4.74 Å². The number of hydrogen-bond donors (Lipinski definition) is 0. The van der Waals surface area contributed by atoms with Gasteiger partial charge in [-0.05, 0) is 49.2 Å². The van der Waals surface area contributed by atoms with Gasteiger partial charge in [0.25, 0.3) is 5.91 Å². The second kappa shape index (κ2) is 8.45. The molecule has 0 spiro atoms. The number of halogens is 6. The van der Waals surface area contributed by atoms with Crippen LogP contribution in [0.5, 0.6) is 11.5 Å². The van der Waals surface area contributed by atoms with Crippen LogP contribution >= 0.6 is 0 Å². The molecule has 0 N–H and O–H groups in total. The molecule has 184 valence electrons. The minimum absolute atomic E-state index is 0.0676. The van der Waals surface area contributed by atoms with Gasteiger partial charge in [0.1, 0.15) is 11.5 Å². The Labute approximate surface area is 190 Å². The number of benzene rings is 2. The van der Waals surface area contributed by atoms with E-state index < -0.39 is 45.8 Å². The first-order chi connectivity index (χ1) is 15.8. The predicted octanol–water partition coefficient (Wildman–Crippen LogP) is 4.42. The van der Waals surface area contributed by atoms with Crippen LogP contribution in [0.25, 0.3) is 0 Å². The fourth-order valence-electron chi connectivity index (χ4n) is 4.13. The monoisotopic (exact) mass is 508 g/mol. The highest BCUT2D eigenvalue weighted by molar-refractivity contribution is 7.90. The lowest BCUT2D eigenvalue weighted by molar-refractivity contribution is -0.137. The fraction of sp³-hybridized carbons (Fsp3) is 0.381. The number of carbonyl (C=O) groups excluding carboxylic acids is 1. The molecule has 1 fully saturated rings. The van der Waals surface area contributed by atoms with Gasteiger partial charge in [-0.2, -0.15) is 30.6 Å². The summed E-state index contributed by atoms with van der Waals surface area (Å²) in [4.78, 5) is 14.4. The smallest absolute Gasteiger partial charge is 0.457 e. The second-order valence-corrected chi connectivity index (χ2v) is 9.84. The Morgan fingerprint density at radius 2 is 1.62 bits per heavy atom. The lowest BCUT2D eigenvalue weighted by Gasteiger charge is -2.34. The van der Waals surface area contributed by atoms with Crippen LogP contribution in [-0.2, 0) is 22.6 Å². The van der Waals surface area contributed by atoms with E-state index in [1.165, 1.54) is 17.0 Å². The zero-order chi connectivity index (χ0) is 24.9. The summed E-state index contributed by atoms with van der Waals surface area (Å²) >= 11 is 0. The van der Waals surface area contributed by atoms with Crippen molar-refractivity contribution in [3.63, 3.8) is 0 Å². The highest BCUT2D eigenvalue weighted by atomic mass is 32.2. The number of alkyl halides is 6. The molecule has 4 rings (SSSR count). The molecule has 0 bridgehead atoms. The maximum absolute atomic E-state index is 13.1. The fourth-order valence-corrected chi connectivity index (χ4v) is 5.13. The number of carbonyl (C=O) groups is 1. The predicted molar refractivity (Wildman–Crippen MR) is 108 cm³/mol. The van der Waals surface area contributed by atoms with E-state index in [0.717, 1.165) is 24.3 Å². The molecule has 0 aromatic heterocycles. The van der Waals surface area contributed by atoms with Crippen molar-refractivity contribution >= 4 is 15.9 Å². The number of hydrogen-bond acceptors (Lipinski definition) is 4. The Hall–Kier alpha value is -2.80. The third-order valence-electron chi connectivity index (χ3n) is 5.84. The van der Waals surface area contributed by atoms with Crippen molar-refractivity contribution in [2.75, 3.05) is 19.6 Å². The van der Waals surface area contributed by atoms with Crippen molar-refractivity contribution < 1.29 is 44.3 Å². The Kier molecular flexibility index (Phi) is 6.05. The summed E-state index contributed by atoms with van der Waals surface area (Å²) in [5, 5.41) is 0. The van der Waals surface area contributed by atoms with Gasteiger partial charge in [-0.15, -0.1) is 0 Å².